The molecule has 9 nitrogen and oxygen atoms in total. The summed E-state index contributed by atoms with van der Waals surface area (Å²) in [7, 11) is 0. The van der Waals surface area contributed by atoms with Crippen LogP contribution in [0, 0.1) is 0 Å². The van der Waals surface area contributed by atoms with Gasteiger partial charge in [-0.1, -0.05) is 0 Å². The predicted molar refractivity (Wildman–Crippen MR) is 122 cm³/mol. The van der Waals surface area contributed by atoms with E-state index in [2.05, 4.69) is 15.2 Å². The van der Waals surface area contributed by atoms with Crippen LogP contribution in [0.25, 0.3) is 0 Å². The van der Waals surface area contributed by atoms with Gasteiger partial charge in [-0.2, -0.15) is 18.3 Å². The molecule has 2 bridgehead atoms. The Morgan fingerprint density at radius 2 is 1.88 bits per heavy atom. The Morgan fingerprint density at radius 3 is 2.55 bits per heavy atom. The van der Waals surface area contributed by atoms with Gasteiger partial charge in [-0.3, -0.25) is 19.0 Å². The molecule has 5 aliphatic rings. The van der Waals surface area contributed by atoms with E-state index in [1.165, 1.54) is 11.1 Å². The van der Waals surface area contributed by atoms with Gasteiger partial charge < -0.3 is 20.1 Å². The normalized spacial score (nSPS) is 31.1. The minimum Gasteiger partial charge on any atom is -0.480 e. The lowest BCUT2D eigenvalue weighted by Crippen LogP contribution is -2.79. The number of ether oxygens (including phenoxy) is 2. The topological polar surface area (TPSA) is 106 Å². The van der Waals surface area contributed by atoms with Crippen molar-refractivity contribution in [3.05, 3.63) is 47.3 Å². The third-order valence-electron chi connectivity index (χ3n) is 8.13. The number of amides is 2. The second-order valence-corrected chi connectivity index (χ2v) is 11.0. The van der Waals surface area contributed by atoms with Gasteiger partial charge in [0.15, 0.2) is 6.10 Å². The number of benzene rings is 1. The molecule has 0 radical (unpaired) electrons. The summed E-state index contributed by atoms with van der Waals surface area (Å²) in [5.41, 5.74) is -1.64. The summed E-state index contributed by atoms with van der Waals surface area (Å²) in [5.74, 6) is -0.910. The second-order valence-electron chi connectivity index (χ2n) is 11.0. The maximum absolute atomic E-state index is 13.0. The number of carbonyl (C=O) groups is 2. The fourth-order valence-corrected chi connectivity index (χ4v) is 6.31. The molecule has 1 aromatic carbocycles. The first-order valence-electron chi connectivity index (χ1n) is 12.6. The summed E-state index contributed by atoms with van der Waals surface area (Å²) in [4.78, 5) is 27.0. The van der Waals surface area contributed by atoms with Crippen molar-refractivity contribution in [1.82, 2.24) is 20.0 Å². The van der Waals surface area contributed by atoms with Gasteiger partial charge in [0.2, 0.25) is 0 Å². The van der Waals surface area contributed by atoms with Gasteiger partial charge in [0.1, 0.15) is 5.75 Å². The van der Waals surface area contributed by atoms with Crippen molar-refractivity contribution < 1.29 is 50.5 Å². The predicted octanol–water partition coefficient (Wildman–Crippen LogP) is 3.29. The summed E-state index contributed by atoms with van der Waals surface area (Å²) in [6.45, 7) is -0.0351. The largest absolute Gasteiger partial charge is 0.522 e. The highest BCUT2D eigenvalue weighted by atomic mass is 19.4. The fraction of sp³-hybridized carbons (Fsp3) is 0.560. The molecule has 7 rings (SSSR count). The van der Waals surface area contributed by atoms with Crippen molar-refractivity contribution in [3.63, 3.8) is 0 Å². The number of hydrogen-bond acceptors (Lipinski definition) is 6. The summed E-state index contributed by atoms with van der Waals surface area (Å²) in [6, 6.07) is 2.75. The number of fused-ring (bicyclic) bond motifs is 1. The van der Waals surface area contributed by atoms with Gasteiger partial charge in [-0.15, -0.1) is 13.2 Å². The maximum Gasteiger partial charge on any atom is 0.522 e. The van der Waals surface area contributed by atoms with E-state index in [0.29, 0.717) is 19.3 Å². The number of halogens is 6. The Balaban J connectivity index is 1.03. The first kappa shape index (κ1) is 26.9. The van der Waals surface area contributed by atoms with Crippen molar-refractivity contribution in [2.45, 2.75) is 74.0 Å². The standard InChI is InChI=1S/C25H24F6N4O5/c26-24(27,28)14-1-2-18-16(5-14)17(36)6-19(39-18)20(37)33-22-10-23(11-22,12-22)35-8-13(7-32-35)21(38)34-4-3-15(9-34)40-25(29,30)31/h1-2,5,7-8,15,17,19,36H,3-4,6,9-12H2,(H,33,37)/t15-,17+,19-,22?,23?/m0/s1. The highest BCUT2D eigenvalue weighted by Crippen LogP contribution is 2.65. The van der Waals surface area contributed by atoms with Crippen LogP contribution in [0.3, 0.4) is 0 Å². The van der Waals surface area contributed by atoms with E-state index in [1.54, 1.807) is 10.9 Å². The number of aliphatic hydroxyl groups is 1. The fourth-order valence-electron chi connectivity index (χ4n) is 6.31. The monoisotopic (exact) mass is 574 g/mol. The zero-order chi connectivity index (χ0) is 28.7. The Hall–Kier alpha value is -3.33. The quantitative estimate of drug-likeness (QED) is 0.532. The van der Waals surface area contributed by atoms with Crippen LogP contribution in [0.5, 0.6) is 5.75 Å². The van der Waals surface area contributed by atoms with Gasteiger partial charge >= 0.3 is 12.5 Å². The highest BCUT2D eigenvalue weighted by molar-refractivity contribution is 5.94. The number of aromatic nitrogens is 2. The van der Waals surface area contributed by atoms with Crippen LogP contribution in [0.15, 0.2) is 30.6 Å². The summed E-state index contributed by atoms with van der Waals surface area (Å²) >= 11 is 0. The molecule has 216 valence electrons. The van der Waals surface area contributed by atoms with Gasteiger partial charge in [0.25, 0.3) is 11.8 Å². The third-order valence-corrected chi connectivity index (χ3v) is 8.13. The molecule has 2 aliphatic heterocycles. The van der Waals surface area contributed by atoms with E-state index in [0.717, 1.165) is 18.2 Å². The number of carbonyl (C=O) groups excluding carboxylic acids is 2. The van der Waals surface area contributed by atoms with Crippen molar-refractivity contribution in [2.75, 3.05) is 13.1 Å². The van der Waals surface area contributed by atoms with Crippen LogP contribution in [0.4, 0.5) is 26.3 Å². The average molecular weight is 574 g/mol. The highest BCUT2D eigenvalue weighted by Gasteiger charge is 2.70. The SMILES string of the molecule is O=C(NC12CC(n3cc(C(=O)N4CC[C@H](OC(F)(F)F)C4)cn3)(C1)C2)[C@@H]1C[C@@H](O)c2cc(C(F)(F)F)ccc2O1. The lowest BCUT2D eigenvalue weighted by molar-refractivity contribution is -0.340. The van der Waals surface area contributed by atoms with Gasteiger partial charge in [-0.25, -0.2) is 0 Å². The van der Waals surface area contributed by atoms with Crippen molar-refractivity contribution in [2.24, 2.45) is 0 Å². The second kappa shape index (κ2) is 8.83. The minimum absolute atomic E-state index is 0.0176. The molecule has 3 aliphatic carbocycles. The number of aliphatic hydroxyl groups excluding tert-OH is 1. The Morgan fingerprint density at radius 1 is 1.15 bits per heavy atom. The number of alkyl halides is 6. The molecule has 3 saturated carbocycles. The average Bonchev–Trinajstić information content (AvgIpc) is 3.48. The Kier molecular flexibility index (Phi) is 5.93. The van der Waals surface area contributed by atoms with E-state index in [9.17, 15) is 41.0 Å². The van der Waals surface area contributed by atoms with Crippen molar-refractivity contribution >= 4 is 11.8 Å². The molecule has 40 heavy (non-hydrogen) atoms. The van der Waals surface area contributed by atoms with Crippen molar-refractivity contribution in [1.29, 1.82) is 0 Å². The van der Waals surface area contributed by atoms with Gasteiger partial charge in [-0.05, 0) is 43.9 Å². The molecular formula is C25H24F6N4O5. The van der Waals surface area contributed by atoms with Crippen LogP contribution >= 0.6 is 0 Å². The molecule has 2 N–H and O–H groups in total. The summed E-state index contributed by atoms with van der Waals surface area (Å²) in [5, 5.41) is 17.6. The third kappa shape index (κ3) is 4.68. The van der Waals surface area contributed by atoms with Crippen LogP contribution in [-0.2, 0) is 21.2 Å². The molecule has 0 spiro atoms. The summed E-state index contributed by atoms with van der Waals surface area (Å²) < 4.78 is 87.7. The van der Waals surface area contributed by atoms with E-state index in [-0.39, 0.29) is 42.8 Å². The molecule has 15 heteroatoms. The van der Waals surface area contributed by atoms with E-state index in [4.69, 9.17) is 4.74 Å². The number of rotatable bonds is 5. The smallest absolute Gasteiger partial charge is 0.480 e. The zero-order valence-electron chi connectivity index (χ0n) is 20.8. The first-order valence-corrected chi connectivity index (χ1v) is 12.6. The number of nitrogens with zero attached hydrogens (tertiary/aromatic N) is 3. The minimum atomic E-state index is -4.77. The van der Waals surface area contributed by atoms with E-state index >= 15 is 0 Å². The van der Waals surface area contributed by atoms with Crippen molar-refractivity contribution in [3.8, 4) is 5.75 Å². The van der Waals surface area contributed by atoms with Gasteiger partial charge in [0, 0.05) is 36.8 Å². The zero-order valence-corrected chi connectivity index (χ0v) is 20.8. The number of likely N-dealkylation sites (tertiary alicyclic amines) is 1. The van der Waals surface area contributed by atoms with Crippen LogP contribution < -0.4 is 10.1 Å². The first-order chi connectivity index (χ1) is 18.7. The van der Waals surface area contributed by atoms with Crippen LogP contribution in [0.1, 0.15) is 59.7 Å². The molecule has 1 saturated heterocycles. The lowest BCUT2D eigenvalue weighted by atomic mass is 9.44. The van der Waals surface area contributed by atoms with Crippen LogP contribution in [-0.4, -0.2) is 68.8 Å². The van der Waals surface area contributed by atoms with Crippen LogP contribution in [0.2, 0.25) is 0 Å². The molecule has 2 amide bonds. The lowest BCUT2D eigenvalue weighted by Gasteiger charge is -2.70. The van der Waals surface area contributed by atoms with E-state index < -0.39 is 59.3 Å². The molecule has 3 atom stereocenters. The summed E-state index contributed by atoms with van der Waals surface area (Å²) in [6.07, 6.45) is -8.47. The number of hydrogen-bond donors (Lipinski definition) is 2. The molecule has 4 fully saturated rings. The molecule has 2 aromatic rings. The van der Waals surface area contributed by atoms with E-state index in [1.807, 2.05) is 0 Å². The molecule has 0 unspecified atom stereocenters. The molecular weight excluding hydrogens is 550 g/mol. The molecule has 1 aromatic heterocycles. The molecule has 3 heterocycles. The maximum atomic E-state index is 13.0. The Bertz CT molecular complexity index is 1340. The van der Waals surface area contributed by atoms with Gasteiger partial charge in [0.05, 0.1) is 35.1 Å². The Labute approximate surface area is 223 Å². The number of nitrogens with one attached hydrogen (secondary N) is 1.